The van der Waals surface area contributed by atoms with Crippen molar-refractivity contribution in [2.45, 2.75) is 32.4 Å². The first-order chi connectivity index (χ1) is 12.6. The lowest BCUT2D eigenvalue weighted by molar-refractivity contribution is -0.117. The first-order valence-electron chi connectivity index (χ1n) is 8.72. The molecule has 136 valence electrons. The van der Waals surface area contributed by atoms with Gasteiger partial charge in [0.2, 0.25) is 5.91 Å². The molecule has 26 heavy (non-hydrogen) atoms. The fourth-order valence-electron chi connectivity index (χ4n) is 2.88. The Hall–Kier alpha value is -2.70. The molecule has 1 aliphatic rings. The van der Waals surface area contributed by atoms with Gasteiger partial charge in [0.15, 0.2) is 0 Å². The highest BCUT2D eigenvalue weighted by Gasteiger charge is 2.30. The summed E-state index contributed by atoms with van der Waals surface area (Å²) >= 11 is 0. The van der Waals surface area contributed by atoms with Gasteiger partial charge in [-0.1, -0.05) is 29.8 Å². The Morgan fingerprint density at radius 1 is 1.08 bits per heavy atom. The van der Waals surface area contributed by atoms with Gasteiger partial charge in [-0.25, -0.2) is 15.6 Å². The number of aryl methyl sites for hydroxylation is 1. The van der Waals surface area contributed by atoms with Crippen molar-refractivity contribution in [3.63, 3.8) is 0 Å². The van der Waals surface area contributed by atoms with Crippen molar-refractivity contribution in [3.8, 4) is 0 Å². The zero-order valence-electron chi connectivity index (χ0n) is 14.9. The second-order valence-electron chi connectivity index (χ2n) is 6.33. The van der Waals surface area contributed by atoms with Crippen molar-refractivity contribution >= 4 is 17.6 Å². The van der Waals surface area contributed by atoms with Crippen LogP contribution in [0.5, 0.6) is 0 Å². The summed E-state index contributed by atoms with van der Waals surface area (Å²) < 4.78 is 4.95. The van der Waals surface area contributed by atoms with Crippen LogP contribution in [0.25, 0.3) is 0 Å². The molecule has 0 aliphatic carbocycles. The molecular weight excluding hydrogens is 330 g/mol. The number of nitrogens with one attached hydrogen (secondary N) is 3. The Labute approximate surface area is 152 Å². The van der Waals surface area contributed by atoms with Crippen LogP contribution in [0, 0.1) is 6.92 Å². The average Bonchev–Trinajstić information content (AvgIpc) is 3.13. The van der Waals surface area contributed by atoms with Gasteiger partial charge in [-0.2, -0.15) is 0 Å². The number of carbonyl (C=O) groups is 2. The maximum absolute atomic E-state index is 12.5. The minimum absolute atomic E-state index is 0.0949. The lowest BCUT2D eigenvalue weighted by Gasteiger charge is -2.11. The maximum Gasteiger partial charge on any atom is 0.338 e. The van der Waals surface area contributed by atoms with Crippen LogP contribution in [0.4, 0.5) is 5.69 Å². The smallest absolute Gasteiger partial charge is 0.338 e. The van der Waals surface area contributed by atoms with Gasteiger partial charge in [0, 0.05) is 11.7 Å². The zero-order chi connectivity index (χ0) is 18.5. The summed E-state index contributed by atoms with van der Waals surface area (Å²) in [6, 6.07) is 14.7. The van der Waals surface area contributed by atoms with Crippen molar-refractivity contribution in [2.24, 2.45) is 0 Å². The molecule has 2 aromatic rings. The standard InChI is InChI=1S/C20H23N3O3/c1-3-26-20(25)15-8-10-16(11-9-15)21-19(24)18-12-17(22-23-18)14-6-4-13(2)5-7-14/h4-11,17-18,22-23H,3,12H2,1-2H3,(H,21,24). The van der Waals surface area contributed by atoms with E-state index in [0.717, 1.165) is 5.56 Å². The first-order valence-corrected chi connectivity index (χ1v) is 8.72. The second-order valence-corrected chi connectivity index (χ2v) is 6.33. The number of ether oxygens (including phenoxy) is 1. The van der Waals surface area contributed by atoms with Crippen LogP contribution in [0.1, 0.15) is 40.9 Å². The van der Waals surface area contributed by atoms with Gasteiger partial charge in [0.05, 0.1) is 12.2 Å². The first kappa shape index (κ1) is 18.1. The minimum atomic E-state index is -0.368. The molecule has 1 fully saturated rings. The number of carbonyl (C=O) groups excluding carboxylic acids is 2. The van der Waals surface area contributed by atoms with Crippen LogP contribution >= 0.6 is 0 Å². The molecule has 2 unspecified atom stereocenters. The molecule has 0 aromatic heterocycles. The quantitative estimate of drug-likeness (QED) is 0.720. The molecule has 3 N–H and O–H groups in total. The highest BCUT2D eigenvalue weighted by molar-refractivity contribution is 5.96. The van der Waals surface area contributed by atoms with E-state index in [1.54, 1.807) is 31.2 Å². The van der Waals surface area contributed by atoms with Gasteiger partial charge in [0.1, 0.15) is 6.04 Å². The SMILES string of the molecule is CCOC(=O)c1ccc(NC(=O)C2CC(c3ccc(C)cc3)NN2)cc1. The van der Waals surface area contributed by atoms with E-state index in [1.165, 1.54) is 5.56 Å². The molecule has 3 rings (SSSR count). The summed E-state index contributed by atoms with van der Waals surface area (Å²) in [7, 11) is 0. The Kier molecular flexibility index (Phi) is 5.65. The summed E-state index contributed by atoms with van der Waals surface area (Å²) in [5.41, 5.74) is 9.69. The van der Waals surface area contributed by atoms with Gasteiger partial charge in [-0.15, -0.1) is 0 Å². The molecule has 1 aliphatic heterocycles. The lowest BCUT2D eigenvalue weighted by Crippen LogP contribution is -2.39. The molecule has 0 saturated carbocycles. The van der Waals surface area contributed by atoms with E-state index in [4.69, 9.17) is 4.74 Å². The van der Waals surface area contributed by atoms with Crippen LogP contribution in [0.2, 0.25) is 0 Å². The van der Waals surface area contributed by atoms with E-state index >= 15 is 0 Å². The molecule has 0 spiro atoms. The van der Waals surface area contributed by atoms with Crippen LogP contribution < -0.4 is 16.2 Å². The van der Waals surface area contributed by atoms with Crippen LogP contribution in [-0.2, 0) is 9.53 Å². The molecule has 1 amide bonds. The fraction of sp³-hybridized carbons (Fsp3) is 0.300. The Morgan fingerprint density at radius 2 is 1.77 bits per heavy atom. The van der Waals surface area contributed by atoms with Gasteiger partial charge >= 0.3 is 5.97 Å². The Morgan fingerprint density at radius 3 is 2.42 bits per heavy atom. The third kappa shape index (κ3) is 4.28. The fourth-order valence-corrected chi connectivity index (χ4v) is 2.88. The maximum atomic E-state index is 12.5. The van der Waals surface area contributed by atoms with Crippen molar-refractivity contribution in [1.82, 2.24) is 10.9 Å². The molecule has 2 atom stereocenters. The van der Waals surface area contributed by atoms with Crippen molar-refractivity contribution in [3.05, 3.63) is 65.2 Å². The highest BCUT2D eigenvalue weighted by Crippen LogP contribution is 2.23. The van der Waals surface area contributed by atoms with E-state index in [-0.39, 0.29) is 24.0 Å². The number of hydrogen-bond acceptors (Lipinski definition) is 5. The predicted octanol–water partition coefficient (Wildman–Crippen LogP) is 2.72. The molecule has 6 nitrogen and oxygen atoms in total. The molecule has 2 aromatic carbocycles. The van der Waals surface area contributed by atoms with Crippen LogP contribution in [0.15, 0.2) is 48.5 Å². The predicted molar refractivity (Wildman–Crippen MR) is 99.6 cm³/mol. The Bertz CT molecular complexity index is 772. The number of esters is 1. The Balaban J connectivity index is 1.57. The van der Waals surface area contributed by atoms with Gasteiger partial charge < -0.3 is 10.1 Å². The van der Waals surface area contributed by atoms with Crippen molar-refractivity contribution in [1.29, 1.82) is 0 Å². The third-order valence-electron chi connectivity index (χ3n) is 4.36. The number of hydrogen-bond donors (Lipinski definition) is 3. The van der Waals surface area contributed by atoms with Gasteiger partial charge in [-0.05, 0) is 50.1 Å². The van der Waals surface area contributed by atoms with E-state index in [0.29, 0.717) is 24.3 Å². The third-order valence-corrected chi connectivity index (χ3v) is 4.36. The number of rotatable bonds is 5. The number of benzene rings is 2. The molecule has 6 heteroatoms. The summed E-state index contributed by atoms with van der Waals surface area (Å²) in [6.07, 6.45) is 0.663. The zero-order valence-corrected chi connectivity index (χ0v) is 14.9. The summed E-state index contributed by atoms with van der Waals surface area (Å²) in [5.74, 6) is -0.482. The minimum Gasteiger partial charge on any atom is -0.462 e. The van der Waals surface area contributed by atoms with E-state index in [1.807, 2.05) is 6.92 Å². The number of hydrazine groups is 1. The largest absolute Gasteiger partial charge is 0.462 e. The number of anilines is 1. The molecule has 0 bridgehead atoms. The number of amides is 1. The highest BCUT2D eigenvalue weighted by atomic mass is 16.5. The molecule has 1 saturated heterocycles. The normalized spacial score (nSPS) is 19.2. The van der Waals surface area contributed by atoms with Crippen molar-refractivity contribution < 1.29 is 14.3 Å². The van der Waals surface area contributed by atoms with E-state index < -0.39 is 0 Å². The summed E-state index contributed by atoms with van der Waals surface area (Å²) in [5, 5.41) is 2.87. The van der Waals surface area contributed by atoms with Gasteiger partial charge in [-0.3, -0.25) is 4.79 Å². The van der Waals surface area contributed by atoms with Crippen molar-refractivity contribution in [2.75, 3.05) is 11.9 Å². The topological polar surface area (TPSA) is 79.5 Å². The van der Waals surface area contributed by atoms with Crippen LogP contribution in [-0.4, -0.2) is 24.5 Å². The second kappa shape index (κ2) is 8.12. The van der Waals surface area contributed by atoms with E-state index in [2.05, 4.69) is 40.4 Å². The molecular formula is C20H23N3O3. The average molecular weight is 353 g/mol. The molecule has 0 radical (unpaired) electrons. The summed E-state index contributed by atoms with van der Waals surface area (Å²) in [4.78, 5) is 24.1. The van der Waals surface area contributed by atoms with Crippen LogP contribution in [0.3, 0.4) is 0 Å². The van der Waals surface area contributed by atoms with Gasteiger partial charge in [0.25, 0.3) is 0 Å². The molecule has 1 heterocycles. The lowest BCUT2D eigenvalue weighted by atomic mass is 10.0. The van der Waals surface area contributed by atoms with E-state index in [9.17, 15) is 9.59 Å². The monoisotopic (exact) mass is 353 g/mol. The summed E-state index contributed by atoms with van der Waals surface area (Å²) in [6.45, 7) is 4.15.